The normalized spacial score (nSPS) is 19.0. The van der Waals surface area contributed by atoms with Gasteiger partial charge in [-0.1, -0.05) is 18.0 Å². The van der Waals surface area contributed by atoms with Crippen molar-refractivity contribution in [1.82, 2.24) is 4.31 Å². The summed E-state index contributed by atoms with van der Waals surface area (Å²) < 4.78 is 31.6. The number of esters is 1. The maximum atomic E-state index is 12.8. The lowest BCUT2D eigenvalue weighted by Gasteiger charge is -2.34. The number of methoxy groups -OCH3 is 1. The first kappa shape index (κ1) is 20.2. The van der Waals surface area contributed by atoms with Crippen LogP contribution >= 0.6 is 24.0 Å². The van der Waals surface area contributed by atoms with Gasteiger partial charge >= 0.3 is 5.97 Å². The van der Waals surface area contributed by atoms with Crippen molar-refractivity contribution in [3.63, 3.8) is 0 Å². The predicted molar refractivity (Wildman–Crippen MR) is 90.6 cm³/mol. The Morgan fingerprint density at radius 1 is 1.43 bits per heavy atom. The predicted octanol–water partition coefficient (Wildman–Crippen LogP) is 2.05. The third-order valence-electron chi connectivity index (χ3n) is 3.78. The van der Waals surface area contributed by atoms with Gasteiger partial charge in [0.05, 0.1) is 17.7 Å². The van der Waals surface area contributed by atoms with Crippen LogP contribution in [0.1, 0.15) is 29.6 Å². The highest BCUT2D eigenvalue weighted by molar-refractivity contribution is 7.89. The van der Waals surface area contributed by atoms with Gasteiger partial charge in [-0.05, 0) is 31.0 Å². The molecule has 0 radical (unpaired) electrons. The molecule has 0 spiro atoms. The van der Waals surface area contributed by atoms with Crippen molar-refractivity contribution < 1.29 is 17.9 Å². The minimum absolute atomic E-state index is 0. The number of hydrogen-bond donors (Lipinski definition) is 1. The molecule has 1 aliphatic heterocycles. The quantitative estimate of drug-likeness (QED) is 0.804. The van der Waals surface area contributed by atoms with Crippen LogP contribution in [0.25, 0.3) is 0 Å². The highest BCUT2D eigenvalue weighted by atomic mass is 35.5. The van der Waals surface area contributed by atoms with Crippen LogP contribution in [0.3, 0.4) is 0 Å². The molecule has 9 heteroatoms. The molecule has 2 rings (SSSR count). The SMILES string of the molecule is COC(=O)c1ccc(S(=O)(=O)N2CCCCC2CN)c(Cl)c1.Cl. The summed E-state index contributed by atoms with van der Waals surface area (Å²) in [6, 6.07) is 3.83. The number of piperidine rings is 1. The Hall–Kier alpha value is -0.860. The standard InChI is InChI=1S/C14H19ClN2O4S.ClH/c1-21-14(18)10-5-6-13(12(15)8-10)22(19,20)17-7-3-2-4-11(17)9-16;/h5-6,8,11H,2-4,7,9,16H2,1H3;1H. The fourth-order valence-corrected chi connectivity index (χ4v) is 4.83. The fourth-order valence-electron chi connectivity index (χ4n) is 2.61. The van der Waals surface area contributed by atoms with Gasteiger partial charge in [-0.3, -0.25) is 0 Å². The van der Waals surface area contributed by atoms with Crippen LogP contribution in [-0.2, 0) is 14.8 Å². The van der Waals surface area contributed by atoms with E-state index in [0.717, 1.165) is 19.3 Å². The van der Waals surface area contributed by atoms with Gasteiger partial charge in [-0.25, -0.2) is 13.2 Å². The number of ether oxygens (including phenoxy) is 1. The summed E-state index contributed by atoms with van der Waals surface area (Å²) in [6.07, 6.45) is 2.50. The third kappa shape index (κ3) is 4.16. The minimum atomic E-state index is -3.73. The summed E-state index contributed by atoms with van der Waals surface area (Å²) in [6.45, 7) is 0.705. The summed E-state index contributed by atoms with van der Waals surface area (Å²) in [7, 11) is -2.48. The van der Waals surface area contributed by atoms with Crippen LogP contribution in [0, 0.1) is 0 Å². The molecule has 0 saturated carbocycles. The lowest BCUT2D eigenvalue weighted by atomic mass is 10.1. The molecular formula is C14H20Cl2N2O4S. The Labute approximate surface area is 147 Å². The maximum absolute atomic E-state index is 12.8. The van der Waals surface area contributed by atoms with E-state index in [4.69, 9.17) is 17.3 Å². The first-order valence-corrected chi connectivity index (χ1v) is 8.83. The van der Waals surface area contributed by atoms with Crippen molar-refractivity contribution in [2.75, 3.05) is 20.2 Å². The Morgan fingerprint density at radius 2 is 2.13 bits per heavy atom. The minimum Gasteiger partial charge on any atom is -0.465 e. The van der Waals surface area contributed by atoms with Gasteiger partial charge in [0.2, 0.25) is 10.0 Å². The summed E-state index contributed by atoms with van der Waals surface area (Å²) in [5, 5.41) is 0.00393. The van der Waals surface area contributed by atoms with Crippen molar-refractivity contribution >= 4 is 40.0 Å². The van der Waals surface area contributed by atoms with Gasteiger partial charge < -0.3 is 10.5 Å². The van der Waals surface area contributed by atoms with Crippen LogP contribution in [0.4, 0.5) is 0 Å². The second-order valence-electron chi connectivity index (χ2n) is 5.14. The molecule has 0 amide bonds. The molecule has 1 aromatic carbocycles. The van der Waals surface area contributed by atoms with Crippen LogP contribution < -0.4 is 5.73 Å². The maximum Gasteiger partial charge on any atom is 0.337 e. The topological polar surface area (TPSA) is 89.7 Å². The number of hydrogen-bond acceptors (Lipinski definition) is 5. The highest BCUT2D eigenvalue weighted by Crippen LogP contribution is 2.30. The molecule has 6 nitrogen and oxygen atoms in total. The summed E-state index contributed by atoms with van der Waals surface area (Å²) in [5.74, 6) is -0.566. The Morgan fingerprint density at radius 3 is 2.70 bits per heavy atom. The monoisotopic (exact) mass is 382 g/mol. The third-order valence-corrected chi connectivity index (χ3v) is 6.22. The summed E-state index contributed by atoms with van der Waals surface area (Å²) >= 11 is 6.08. The first-order chi connectivity index (χ1) is 10.4. The lowest BCUT2D eigenvalue weighted by molar-refractivity contribution is 0.0600. The van der Waals surface area contributed by atoms with Crippen molar-refractivity contribution in [3.05, 3.63) is 28.8 Å². The van der Waals surface area contributed by atoms with E-state index in [9.17, 15) is 13.2 Å². The summed E-state index contributed by atoms with van der Waals surface area (Å²) in [5.41, 5.74) is 5.90. The molecule has 1 aliphatic rings. The smallest absolute Gasteiger partial charge is 0.337 e. The molecule has 130 valence electrons. The number of benzene rings is 1. The Bertz CT molecular complexity index is 667. The van der Waals surface area contributed by atoms with E-state index in [0.29, 0.717) is 6.54 Å². The van der Waals surface area contributed by atoms with Crippen molar-refractivity contribution in [1.29, 1.82) is 0 Å². The number of carbonyl (C=O) groups is 1. The Balaban J connectivity index is 0.00000264. The molecule has 0 aliphatic carbocycles. The zero-order valence-corrected chi connectivity index (χ0v) is 15.1. The zero-order chi connectivity index (χ0) is 16.3. The van der Waals surface area contributed by atoms with Crippen molar-refractivity contribution in [2.45, 2.75) is 30.2 Å². The van der Waals surface area contributed by atoms with Gasteiger partial charge in [0.25, 0.3) is 0 Å². The molecule has 1 atom stereocenters. The van der Waals surface area contributed by atoms with E-state index >= 15 is 0 Å². The molecule has 2 N–H and O–H groups in total. The molecule has 23 heavy (non-hydrogen) atoms. The van der Waals surface area contributed by atoms with Crippen molar-refractivity contribution in [2.24, 2.45) is 5.73 Å². The van der Waals surface area contributed by atoms with Gasteiger partial charge in [0, 0.05) is 19.1 Å². The van der Waals surface area contributed by atoms with E-state index < -0.39 is 16.0 Å². The number of nitrogens with two attached hydrogens (primary N) is 1. The fraction of sp³-hybridized carbons (Fsp3) is 0.500. The van der Waals surface area contributed by atoms with E-state index in [2.05, 4.69) is 4.74 Å². The Kier molecular flexibility index (Phi) is 7.29. The second-order valence-corrected chi connectivity index (χ2v) is 7.40. The zero-order valence-electron chi connectivity index (χ0n) is 12.7. The summed E-state index contributed by atoms with van der Waals surface area (Å²) in [4.78, 5) is 11.5. The van der Waals surface area contributed by atoms with E-state index in [1.54, 1.807) is 0 Å². The van der Waals surface area contributed by atoms with E-state index in [1.807, 2.05) is 0 Å². The molecule has 1 aromatic rings. The highest BCUT2D eigenvalue weighted by Gasteiger charge is 2.34. The van der Waals surface area contributed by atoms with Crippen LogP contribution in [0.5, 0.6) is 0 Å². The van der Waals surface area contributed by atoms with Crippen LogP contribution in [0.2, 0.25) is 5.02 Å². The molecule has 1 fully saturated rings. The average Bonchev–Trinajstić information content (AvgIpc) is 2.53. The molecule has 1 unspecified atom stereocenters. The largest absolute Gasteiger partial charge is 0.465 e. The van der Waals surface area contributed by atoms with Gasteiger partial charge in [0.1, 0.15) is 4.90 Å². The molecular weight excluding hydrogens is 363 g/mol. The van der Waals surface area contributed by atoms with Gasteiger partial charge in [0.15, 0.2) is 0 Å². The number of rotatable bonds is 4. The number of sulfonamides is 1. The molecule has 1 saturated heterocycles. The van der Waals surface area contributed by atoms with E-state index in [1.165, 1.54) is 29.6 Å². The average molecular weight is 383 g/mol. The molecule has 0 bridgehead atoms. The number of carbonyl (C=O) groups excluding carboxylic acids is 1. The first-order valence-electron chi connectivity index (χ1n) is 7.01. The molecule has 0 aromatic heterocycles. The number of nitrogens with zero attached hydrogens (tertiary/aromatic N) is 1. The van der Waals surface area contributed by atoms with Crippen LogP contribution in [0.15, 0.2) is 23.1 Å². The van der Waals surface area contributed by atoms with Gasteiger partial charge in [-0.2, -0.15) is 4.31 Å². The van der Waals surface area contributed by atoms with Crippen molar-refractivity contribution in [3.8, 4) is 0 Å². The molecule has 1 heterocycles. The van der Waals surface area contributed by atoms with E-state index in [-0.39, 0.29) is 40.5 Å². The van der Waals surface area contributed by atoms with Gasteiger partial charge in [-0.15, -0.1) is 12.4 Å². The lowest BCUT2D eigenvalue weighted by Crippen LogP contribution is -2.47. The second kappa shape index (κ2) is 8.30. The number of halogens is 2. The van der Waals surface area contributed by atoms with Crippen LogP contribution in [-0.4, -0.2) is 44.9 Å².